The molecular weight excluding hydrogens is 230 g/mol. The fraction of sp³-hybridized carbons (Fsp3) is 0.769. The van der Waals surface area contributed by atoms with Crippen LogP contribution in [-0.4, -0.2) is 58.7 Å². The van der Waals surface area contributed by atoms with Gasteiger partial charge in [-0.15, -0.1) is 0 Å². The number of aromatic nitrogens is 2. The second kappa shape index (κ2) is 6.31. The molecule has 2 atom stereocenters. The lowest BCUT2D eigenvalue weighted by atomic mass is 10.2. The Hall–Kier alpha value is -0.910. The number of aryl methyl sites for hydroxylation is 1. The molecule has 1 N–H and O–H groups in total. The Bertz CT molecular complexity index is 367. The molecular formula is C13H23N3O2. The lowest BCUT2D eigenvalue weighted by Gasteiger charge is -2.22. The third kappa shape index (κ3) is 2.91. The zero-order valence-electron chi connectivity index (χ0n) is 11.2. The zero-order chi connectivity index (χ0) is 13.0. The predicted molar refractivity (Wildman–Crippen MR) is 69.5 cm³/mol. The van der Waals surface area contributed by atoms with Crippen molar-refractivity contribution in [2.45, 2.75) is 38.5 Å². The highest BCUT2D eigenvalue weighted by molar-refractivity contribution is 5.01. The number of hydrogen-bond acceptors (Lipinski definition) is 4. The smallest absolute Gasteiger partial charge is 0.0714 e. The van der Waals surface area contributed by atoms with Crippen molar-refractivity contribution in [2.24, 2.45) is 0 Å². The van der Waals surface area contributed by atoms with Gasteiger partial charge in [0.15, 0.2) is 0 Å². The summed E-state index contributed by atoms with van der Waals surface area (Å²) in [5, 5.41) is 13.7. The Morgan fingerprint density at radius 2 is 2.39 bits per heavy atom. The van der Waals surface area contributed by atoms with Crippen molar-refractivity contribution in [1.29, 1.82) is 0 Å². The number of rotatable bonds is 6. The molecule has 2 heterocycles. The summed E-state index contributed by atoms with van der Waals surface area (Å²) in [5.74, 6) is 0. The first-order valence-electron chi connectivity index (χ1n) is 6.66. The molecule has 5 heteroatoms. The summed E-state index contributed by atoms with van der Waals surface area (Å²) in [5.41, 5.74) is 1.26. The van der Waals surface area contributed by atoms with Gasteiger partial charge in [0.05, 0.1) is 12.7 Å². The van der Waals surface area contributed by atoms with Crippen LogP contribution in [0, 0.1) is 0 Å². The Kier molecular flexibility index (Phi) is 4.74. The summed E-state index contributed by atoms with van der Waals surface area (Å²) >= 11 is 0. The minimum absolute atomic E-state index is 0.215. The van der Waals surface area contributed by atoms with Gasteiger partial charge < -0.3 is 9.84 Å². The molecule has 0 aliphatic carbocycles. The molecule has 1 aliphatic heterocycles. The zero-order valence-corrected chi connectivity index (χ0v) is 11.2. The monoisotopic (exact) mass is 253 g/mol. The third-order valence-corrected chi connectivity index (χ3v) is 3.79. The van der Waals surface area contributed by atoms with E-state index in [-0.39, 0.29) is 18.8 Å². The van der Waals surface area contributed by atoms with Gasteiger partial charge in [0, 0.05) is 51.1 Å². The number of likely N-dealkylation sites (tertiary alicyclic amines) is 1. The van der Waals surface area contributed by atoms with Crippen LogP contribution in [0.5, 0.6) is 0 Å². The lowest BCUT2D eigenvalue weighted by molar-refractivity contribution is 0.108. The summed E-state index contributed by atoms with van der Waals surface area (Å²) in [6.45, 7) is 5.10. The van der Waals surface area contributed by atoms with Gasteiger partial charge in [-0.1, -0.05) is 0 Å². The van der Waals surface area contributed by atoms with Gasteiger partial charge in [0.1, 0.15) is 0 Å². The molecule has 18 heavy (non-hydrogen) atoms. The number of methoxy groups -OCH3 is 1. The molecule has 0 aromatic carbocycles. The fourth-order valence-electron chi connectivity index (χ4n) is 2.69. The normalized spacial score (nSPS) is 24.8. The minimum Gasteiger partial charge on any atom is -0.395 e. The van der Waals surface area contributed by atoms with Crippen molar-refractivity contribution in [3.63, 3.8) is 0 Å². The maximum atomic E-state index is 9.39. The highest BCUT2D eigenvalue weighted by Crippen LogP contribution is 2.19. The van der Waals surface area contributed by atoms with E-state index < -0.39 is 0 Å². The van der Waals surface area contributed by atoms with Gasteiger partial charge in [0.25, 0.3) is 0 Å². The standard InChI is InChI=1S/C13H23N3O2/c1-3-16-11(4-6-14-16)5-7-15-9-13(18-2)8-12(15)10-17/h4,6,12-13,17H,3,5,7-10H2,1-2H3/t12-,13-/m0/s1. The van der Waals surface area contributed by atoms with Gasteiger partial charge in [-0.25, -0.2) is 0 Å². The first-order chi connectivity index (χ1) is 8.78. The van der Waals surface area contributed by atoms with Crippen LogP contribution >= 0.6 is 0 Å². The first kappa shape index (κ1) is 13.5. The molecule has 0 spiro atoms. The molecule has 0 unspecified atom stereocenters. The first-order valence-corrected chi connectivity index (χ1v) is 6.66. The average Bonchev–Trinajstić information content (AvgIpc) is 3.01. The average molecular weight is 253 g/mol. The largest absolute Gasteiger partial charge is 0.395 e. The summed E-state index contributed by atoms with van der Waals surface area (Å²) in [7, 11) is 1.74. The number of ether oxygens (including phenoxy) is 1. The van der Waals surface area contributed by atoms with E-state index in [0.717, 1.165) is 32.5 Å². The second-order valence-corrected chi connectivity index (χ2v) is 4.81. The molecule has 1 aromatic rings. The lowest BCUT2D eigenvalue weighted by Crippen LogP contribution is -2.34. The van der Waals surface area contributed by atoms with Crippen LogP contribution in [0.4, 0.5) is 0 Å². The Morgan fingerprint density at radius 3 is 3.06 bits per heavy atom. The van der Waals surface area contributed by atoms with Crippen molar-refractivity contribution in [3.8, 4) is 0 Å². The molecule has 0 bridgehead atoms. The van der Waals surface area contributed by atoms with Crippen LogP contribution in [0.2, 0.25) is 0 Å². The maximum absolute atomic E-state index is 9.39. The molecule has 2 rings (SSSR count). The number of aliphatic hydroxyl groups excluding tert-OH is 1. The van der Waals surface area contributed by atoms with Gasteiger partial charge in [-0.3, -0.25) is 9.58 Å². The van der Waals surface area contributed by atoms with Crippen molar-refractivity contribution >= 4 is 0 Å². The summed E-state index contributed by atoms with van der Waals surface area (Å²) in [6, 6.07) is 2.31. The predicted octanol–water partition coefficient (Wildman–Crippen LogP) is 0.527. The second-order valence-electron chi connectivity index (χ2n) is 4.81. The SMILES string of the molecule is CCn1nccc1CCN1C[C@@H](OC)C[C@H]1CO. The van der Waals surface area contributed by atoms with Crippen LogP contribution in [0.15, 0.2) is 12.3 Å². The molecule has 102 valence electrons. The summed E-state index contributed by atoms with van der Waals surface area (Å²) in [4.78, 5) is 2.32. The quantitative estimate of drug-likeness (QED) is 0.803. The van der Waals surface area contributed by atoms with Crippen LogP contribution in [0.1, 0.15) is 19.0 Å². The molecule has 0 amide bonds. The van der Waals surface area contributed by atoms with E-state index in [1.165, 1.54) is 5.69 Å². The summed E-state index contributed by atoms with van der Waals surface area (Å²) < 4.78 is 7.41. The van der Waals surface area contributed by atoms with E-state index in [1.54, 1.807) is 7.11 Å². The van der Waals surface area contributed by atoms with Crippen LogP contribution in [-0.2, 0) is 17.7 Å². The maximum Gasteiger partial charge on any atom is 0.0714 e. The highest BCUT2D eigenvalue weighted by atomic mass is 16.5. The van der Waals surface area contributed by atoms with E-state index in [2.05, 4.69) is 23.0 Å². The Morgan fingerprint density at radius 1 is 1.56 bits per heavy atom. The van der Waals surface area contributed by atoms with E-state index >= 15 is 0 Å². The molecule has 0 radical (unpaired) electrons. The highest BCUT2D eigenvalue weighted by Gasteiger charge is 2.31. The topological polar surface area (TPSA) is 50.5 Å². The summed E-state index contributed by atoms with van der Waals surface area (Å²) in [6.07, 6.45) is 4.02. The number of nitrogens with zero attached hydrogens (tertiary/aromatic N) is 3. The van der Waals surface area contributed by atoms with Crippen LogP contribution in [0.3, 0.4) is 0 Å². The van der Waals surface area contributed by atoms with E-state index in [4.69, 9.17) is 4.74 Å². The molecule has 1 aliphatic rings. The van der Waals surface area contributed by atoms with Crippen molar-refractivity contribution in [3.05, 3.63) is 18.0 Å². The van der Waals surface area contributed by atoms with Gasteiger partial charge >= 0.3 is 0 Å². The number of hydrogen-bond donors (Lipinski definition) is 1. The molecule has 1 aromatic heterocycles. The van der Waals surface area contributed by atoms with Crippen molar-refractivity contribution in [1.82, 2.24) is 14.7 Å². The Balaban J connectivity index is 1.89. The molecule has 0 saturated carbocycles. The number of aliphatic hydroxyl groups is 1. The molecule has 1 fully saturated rings. The van der Waals surface area contributed by atoms with Crippen LogP contribution < -0.4 is 0 Å². The van der Waals surface area contributed by atoms with Crippen molar-refractivity contribution in [2.75, 3.05) is 26.8 Å². The van der Waals surface area contributed by atoms with Gasteiger partial charge in [-0.2, -0.15) is 5.10 Å². The van der Waals surface area contributed by atoms with Gasteiger partial charge in [-0.05, 0) is 19.4 Å². The molecule has 5 nitrogen and oxygen atoms in total. The van der Waals surface area contributed by atoms with E-state index in [1.807, 2.05) is 10.9 Å². The third-order valence-electron chi connectivity index (χ3n) is 3.79. The Labute approximate surface area is 108 Å². The minimum atomic E-state index is 0.215. The molecule has 1 saturated heterocycles. The van der Waals surface area contributed by atoms with Gasteiger partial charge in [0.2, 0.25) is 0 Å². The van der Waals surface area contributed by atoms with E-state index in [0.29, 0.717) is 0 Å². The van der Waals surface area contributed by atoms with Crippen molar-refractivity contribution < 1.29 is 9.84 Å². The van der Waals surface area contributed by atoms with E-state index in [9.17, 15) is 5.11 Å². The fourth-order valence-corrected chi connectivity index (χ4v) is 2.69. The van der Waals surface area contributed by atoms with Crippen LogP contribution in [0.25, 0.3) is 0 Å².